The second-order valence-corrected chi connectivity index (χ2v) is 6.76. The molecule has 2 aromatic heterocycles. The van der Waals surface area contributed by atoms with E-state index in [1.54, 1.807) is 16.8 Å². The van der Waals surface area contributed by atoms with Gasteiger partial charge in [0, 0.05) is 10.0 Å². The lowest BCUT2D eigenvalue weighted by Gasteiger charge is -2.14. The Kier molecular flexibility index (Phi) is 4.45. The van der Waals surface area contributed by atoms with E-state index in [9.17, 15) is 0 Å². The van der Waals surface area contributed by atoms with Crippen LogP contribution in [0, 0.1) is 0 Å². The van der Waals surface area contributed by atoms with Gasteiger partial charge in [-0.25, -0.2) is 9.67 Å². The van der Waals surface area contributed by atoms with Gasteiger partial charge in [-0.2, -0.15) is 4.98 Å². The van der Waals surface area contributed by atoms with Crippen molar-refractivity contribution in [1.29, 1.82) is 0 Å². The number of hydrogen-bond acceptors (Lipinski definition) is 4. The van der Waals surface area contributed by atoms with E-state index < -0.39 is 0 Å². The Hall–Kier alpha value is -1.43. The van der Waals surface area contributed by atoms with Crippen molar-refractivity contribution in [3.05, 3.63) is 44.8 Å². The summed E-state index contributed by atoms with van der Waals surface area (Å²) in [5, 5.41) is 9.80. The van der Waals surface area contributed by atoms with Crippen LogP contribution >= 0.6 is 34.8 Å². The van der Waals surface area contributed by atoms with Crippen LogP contribution < -0.4 is 0 Å². The molecule has 0 spiro atoms. The van der Waals surface area contributed by atoms with Gasteiger partial charge in [0.1, 0.15) is 0 Å². The van der Waals surface area contributed by atoms with E-state index in [2.05, 4.69) is 20.3 Å². The van der Waals surface area contributed by atoms with E-state index in [4.69, 9.17) is 34.8 Å². The molecule has 0 aliphatic rings. The average Bonchev–Trinajstić information content (AvgIpc) is 2.89. The summed E-state index contributed by atoms with van der Waals surface area (Å²) < 4.78 is 1.70. The zero-order valence-corrected chi connectivity index (χ0v) is 15.0. The minimum absolute atomic E-state index is 0.164. The van der Waals surface area contributed by atoms with Crippen molar-refractivity contribution in [2.24, 2.45) is 0 Å². The normalized spacial score (nSPS) is 13.0. The molecule has 0 aliphatic carbocycles. The quantitative estimate of drug-likeness (QED) is 0.614. The molecule has 8 heteroatoms. The van der Waals surface area contributed by atoms with Crippen LogP contribution in [0.1, 0.15) is 44.0 Å². The maximum atomic E-state index is 6.30. The highest BCUT2D eigenvalue weighted by molar-refractivity contribution is 6.35. The van der Waals surface area contributed by atoms with Gasteiger partial charge in [-0.1, -0.05) is 48.3 Å². The summed E-state index contributed by atoms with van der Waals surface area (Å²) in [6, 6.07) is 5.19. The molecular formula is C15H14Cl3N5. The molecule has 0 saturated carbocycles. The summed E-state index contributed by atoms with van der Waals surface area (Å²) in [5.74, 6) is 0.164. The van der Waals surface area contributed by atoms with E-state index in [0.717, 1.165) is 11.3 Å². The summed E-state index contributed by atoms with van der Waals surface area (Å²) in [6.07, 6.45) is 0. The number of fused-ring (bicyclic) bond motifs is 1. The Morgan fingerprint density at radius 3 is 2.43 bits per heavy atom. The highest BCUT2D eigenvalue weighted by Crippen LogP contribution is 2.30. The molecule has 0 bridgehead atoms. The topological polar surface area (TPSA) is 56.5 Å². The highest BCUT2D eigenvalue weighted by Gasteiger charge is 2.21. The van der Waals surface area contributed by atoms with Crippen molar-refractivity contribution < 1.29 is 0 Å². The zero-order valence-electron chi connectivity index (χ0n) is 12.8. The van der Waals surface area contributed by atoms with Crippen LogP contribution in [0.15, 0.2) is 18.2 Å². The number of hydrogen-bond donors (Lipinski definition) is 0. The van der Waals surface area contributed by atoms with Crippen molar-refractivity contribution in [1.82, 2.24) is 25.0 Å². The van der Waals surface area contributed by atoms with Crippen molar-refractivity contribution in [2.45, 2.75) is 32.7 Å². The molecule has 0 radical (unpaired) electrons. The van der Waals surface area contributed by atoms with Crippen molar-refractivity contribution >= 4 is 46.0 Å². The largest absolute Gasteiger partial charge is 0.224 e. The third kappa shape index (κ3) is 3.01. The van der Waals surface area contributed by atoms with E-state index in [0.29, 0.717) is 21.2 Å². The van der Waals surface area contributed by atoms with Gasteiger partial charge in [0.2, 0.25) is 5.28 Å². The van der Waals surface area contributed by atoms with E-state index in [1.807, 2.05) is 26.8 Å². The maximum Gasteiger partial charge on any atom is 0.224 e. The lowest BCUT2D eigenvalue weighted by molar-refractivity contribution is 0.556. The van der Waals surface area contributed by atoms with Crippen LogP contribution in [0.4, 0.5) is 0 Å². The lowest BCUT2D eigenvalue weighted by atomic mass is 10.1. The predicted octanol–water partition coefficient (Wildman–Crippen LogP) is 4.91. The number of halogens is 3. The van der Waals surface area contributed by atoms with E-state index >= 15 is 0 Å². The maximum absolute atomic E-state index is 6.30. The van der Waals surface area contributed by atoms with Crippen LogP contribution in [0.25, 0.3) is 11.2 Å². The molecule has 0 N–H and O–H groups in total. The van der Waals surface area contributed by atoms with E-state index in [1.165, 1.54) is 0 Å². The molecule has 1 aromatic carbocycles. The first-order valence-corrected chi connectivity index (χ1v) is 8.25. The lowest BCUT2D eigenvalue weighted by Crippen LogP contribution is -2.10. The van der Waals surface area contributed by atoms with Crippen LogP contribution in [-0.4, -0.2) is 25.0 Å². The minimum atomic E-state index is -0.171. The molecule has 23 heavy (non-hydrogen) atoms. The van der Waals surface area contributed by atoms with Crippen molar-refractivity contribution in [2.75, 3.05) is 0 Å². The smallest absolute Gasteiger partial charge is 0.220 e. The first-order valence-electron chi connectivity index (χ1n) is 7.11. The van der Waals surface area contributed by atoms with Crippen molar-refractivity contribution in [3.63, 3.8) is 0 Å². The zero-order chi connectivity index (χ0) is 16.7. The average molecular weight is 371 g/mol. The molecule has 0 fully saturated rings. The Morgan fingerprint density at radius 2 is 1.78 bits per heavy atom. The van der Waals surface area contributed by atoms with Gasteiger partial charge in [-0.15, -0.1) is 5.10 Å². The van der Waals surface area contributed by atoms with Crippen LogP contribution in [0.5, 0.6) is 0 Å². The number of rotatable bonds is 3. The fourth-order valence-corrected chi connectivity index (χ4v) is 3.20. The van der Waals surface area contributed by atoms with Crippen LogP contribution in [0.2, 0.25) is 15.3 Å². The predicted molar refractivity (Wildman–Crippen MR) is 92.5 cm³/mol. The van der Waals surface area contributed by atoms with Crippen molar-refractivity contribution in [3.8, 4) is 0 Å². The first kappa shape index (κ1) is 16.4. The van der Waals surface area contributed by atoms with E-state index in [-0.39, 0.29) is 17.2 Å². The van der Waals surface area contributed by atoms with Crippen LogP contribution in [-0.2, 0) is 0 Å². The Balaban J connectivity index is 2.16. The fourth-order valence-electron chi connectivity index (χ4n) is 2.46. The molecule has 2 heterocycles. The molecule has 3 rings (SSSR count). The minimum Gasteiger partial charge on any atom is -0.220 e. The fraction of sp³-hybridized carbons (Fsp3) is 0.333. The number of nitrogens with zero attached hydrogens (tertiary/aromatic N) is 5. The molecule has 1 atom stereocenters. The molecule has 120 valence electrons. The molecule has 3 aromatic rings. The molecule has 0 saturated heterocycles. The highest BCUT2D eigenvalue weighted by atomic mass is 35.5. The van der Waals surface area contributed by atoms with Crippen LogP contribution in [0.3, 0.4) is 0 Å². The molecule has 0 amide bonds. The van der Waals surface area contributed by atoms with Gasteiger partial charge in [-0.05, 0) is 42.1 Å². The summed E-state index contributed by atoms with van der Waals surface area (Å²) in [5.41, 5.74) is 2.90. The number of aromatic nitrogens is 5. The third-order valence-electron chi connectivity index (χ3n) is 3.65. The SMILES string of the molecule is CC(C)c1nc(Cl)nc2c1nnn2[C@H](C)c1ccc(Cl)cc1Cl. The monoisotopic (exact) mass is 369 g/mol. The number of benzene rings is 1. The van der Waals surface area contributed by atoms with Gasteiger partial charge in [0.15, 0.2) is 11.2 Å². The molecular weight excluding hydrogens is 357 g/mol. The Bertz CT molecular complexity index is 875. The Morgan fingerprint density at radius 1 is 1.04 bits per heavy atom. The molecule has 5 nitrogen and oxygen atoms in total. The summed E-state index contributed by atoms with van der Waals surface area (Å²) in [6.45, 7) is 6.02. The second kappa shape index (κ2) is 6.23. The van der Waals surface area contributed by atoms with Gasteiger partial charge in [-0.3, -0.25) is 0 Å². The van der Waals surface area contributed by atoms with Gasteiger partial charge in [0.05, 0.1) is 11.7 Å². The molecule has 0 unspecified atom stereocenters. The summed E-state index contributed by atoms with van der Waals surface area (Å²) >= 11 is 18.3. The standard InChI is InChI=1S/C15H14Cl3N5/c1-7(2)12-13-14(20-15(18)19-12)23(22-21-13)8(3)10-5-4-9(16)6-11(10)17/h4-8H,1-3H3/t8-/m1/s1. The Labute approximate surface area is 148 Å². The second-order valence-electron chi connectivity index (χ2n) is 5.58. The van der Waals surface area contributed by atoms with Gasteiger partial charge in [0.25, 0.3) is 0 Å². The van der Waals surface area contributed by atoms with Gasteiger partial charge >= 0.3 is 0 Å². The summed E-state index contributed by atoms with van der Waals surface area (Å²) in [4.78, 5) is 8.57. The molecule has 0 aliphatic heterocycles. The first-order chi connectivity index (χ1) is 10.9. The summed E-state index contributed by atoms with van der Waals surface area (Å²) in [7, 11) is 0. The third-order valence-corrected chi connectivity index (χ3v) is 4.38. The van der Waals surface area contributed by atoms with Gasteiger partial charge < -0.3 is 0 Å².